The summed E-state index contributed by atoms with van der Waals surface area (Å²) in [5.41, 5.74) is 0.470. The zero-order valence-corrected chi connectivity index (χ0v) is 17.0. The fraction of sp³-hybridized carbons (Fsp3) is 0.545. The fourth-order valence-corrected chi connectivity index (χ4v) is 3.68. The molecule has 0 aliphatic carbocycles. The number of benzene rings is 1. The van der Waals surface area contributed by atoms with Crippen molar-refractivity contribution in [2.24, 2.45) is 11.3 Å². The molecule has 1 saturated heterocycles. The Balaban J connectivity index is 1.63. The lowest BCUT2D eigenvalue weighted by atomic mass is 9.90. The topological polar surface area (TPSA) is 53.8 Å². The average molecular weight is 370 g/mol. The van der Waals surface area contributed by atoms with Crippen molar-refractivity contribution in [2.45, 2.75) is 46.6 Å². The molecule has 1 atom stereocenters. The molecule has 0 N–H and O–H groups in total. The van der Waals surface area contributed by atoms with Gasteiger partial charge in [-0.3, -0.25) is 9.59 Å². The molecule has 0 saturated carbocycles. The van der Waals surface area contributed by atoms with Crippen molar-refractivity contribution in [3.8, 4) is 0 Å². The number of hydrogen-bond donors (Lipinski definition) is 0. The predicted molar refractivity (Wildman–Crippen MR) is 106 cm³/mol. The molecule has 0 spiro atoms. The van der Waals surface area contributed by atoms with E-state index < -0.39 is 0 Å². The van der Waals surface area contributed by atoms with Gasteiger partial charge in [0.25, 0.3) is 0 Å². The van der Waals surface area contributed by atoms with Crippen LogP contribution in [-0.4, -0.2) is 41.8 Å². The van der Waals surface area contributed by atoms with Crippen LogP contribution in [0.2, 0.25) is 0 Å². The number of piperidine rings is 1. The first kappa shape index (κ1) is 19.5. The Morgan fingerprint density at radius 1 is 1.19 bits per heavy atom. The van der Waals surface area contributed by atoms with Crippen LogP contribution in [0.5, 0.6) is 0 Å². The number of hydrogen-bond acceptors (Lipinski definition) is 3. The van der Waals surface area contributed by atoms with Crippen molar-refractivity contribution in [2.75, 3.05) is 20.1 Å². The second kappa shape index (κ2) is 7.37. The molecule has 146 valence electrons. The van der Waals surface area contributed by atoms with Crippen LogP contribution >= 0.6 is 0 Å². The van der Waals surface area contributed by atoms with Crippen molar-refractivity contribution in [3.05, 3.63) is 36.1 Å². The van der Waals surface area contributed by atoms with E-state index in [1.165, 1.54) is 0 Å². The highest BCUT2D eigenvalue weighted by molar-refractivity contribution is 5.83. The van der Waals surface area contributed by atoms with Gasteiger partial charge in [0.2, 0.25) is 11.8 Å². The molecule has 2 amide bonds. The normalized spacial score (nSPS) is 17.1. The quantitative estimate of drug-likeness (QED) is 0.812. The van der Waals surface area contributed by atoms with Crippen LogP contribution in [0.4, 0.5) is 0 Å². The van der Waals surface area contributed by atoms with Gasteiger partial charge in [-0.25, -0.2) is 0 Å². The van der Waals surface area contributed by atoms with E-state index in [1.54, 1.807) is 4.90 Å². The summed E-state index contributed by atoms with van der Waals surface area (Å²) in [5, 5.41) is 1.05. The lowest BCUT2D eigenvalue weighted by molar-refractivity contribution is -0.145. The maximum absolute atomic E-state index is 13.0. The van der Waals surface area contributed by atoms with Gasteiger partial charge in [0.15, 0.2) is 0 Å². The van der Waals surface area contributed by atoms with E-state index in [2.05, 4.69) is 0 Å². The Bertz CT molecular complexity index is 792. The number of likely N-dealkylation sites (tertiary alicyclic amines) is 1. The monoisotopic (exact) mass is 370 g/mol. The number of rotatable bonds is 3. The summed E-state index contributed by atoms with van der Waals surface area (Å²) in [4.78, 5) is 29.1. The smallest absolute Gasteiger partial charge is 0.227 e. The molecule has 5 heteroatoms. The summed E-state index contributed by atoms with van der Waals surface area (Å²) in [6.07, 6.45) is 1.44. The van der Waals surface area contributed by atoms with Gasteiger partial charge in [-0.15, -0.1) is 0 Å². The van der Waals surface area contributed by atoms with Crippen molar-refractivity contribution >= 4 is 22.8 Å². The SMILES string of the molecule is CC(c1cc2ccccc2o1)N(C)C(=O)C1CCN(C(=O)C(C)(C)C)CC1. The Morgan fingerprint density at radius 2 is 1.81 bits per heavy atom. The molecule has 3 rings (SSSR count). The van der Waals surface area contributed by atoms with Gasteiger partial charge >= 0.3 is 0 Å². The molecule has 1 unspecified atom stereocenters. The van der Waals surface area contributed by atoms with Gasteiger partial charge in [0, 0.05) is 36.9 Å². The van der Waals surface area contributed by atoms with Crippen LogP contribution in [0, 0.1) is 11.3 Å². The number of nitrogens with zero attached hydrogens (tertiary/aromatic N) is 2. The molecule has 5 nitrogen and oxygen atoms in total. The van der Waals surface area contributed by atoms with Crippen LogP contribution in [-0.2, 0) is 9.59 Å². The standard InChI is InChI=1S/C22H30N2O3/c1-15(19-14-17-8-6-7-9-18(17)27-19)23(5)20(25)16-10-12-24(13-11-16)21(26)22(2,3)4/h6-9,14-16H,10-13H2,1-5H3. The summed E-state index contributed by atoms with van der Waals surface area (Å²) >= 11 is 0. The van der Waals surface area contributed by atoms with Crippen molar-refractivity contribution < 1.29 is 14.0 Å². The highest BCUT2D eigenvalue weighted by Crippen LogP contribution is 2.30. The molecular weight excluding hydrogens is 340 g/mol. The number of carbonyl (C=O) groups excluding carboxylic acids is 2. The van der Waals surface area contributed by atoms with E-state index in [0.717, 1.165) is 29.6 Å². The van der Waals surface area contributed by atoms with Crippen LogP contribution in [0.15, 0.2) is 34.7 Å². The summed E-state index contributed by atoms with van der Waals surface area (Å²) < 4.78 is 5.93. The zero-order valence-electron chi connectivity index (χ0n) is 17.0. The van der Waals surface area contributed by atoms with Crippen LogP contribution in [0.3, 0.4) is 0 Å². The largest absolute Gasteiger partial charge is 0.459 e. The van der Waals surface area contributed by atoms with E-state index in [0.29, 0.717) is 13.1 Å². The second-order valence-electron chi connectivity index (χ2n) is 8.63. The molecule has 27 heavy (non-hydrogen) atoms. The van der Waals surface area contributed by atoms with Gasteiger partial charge in [0.1, 0.15) is 11.3 Å². The van der Waals surface area contributed by atoms with E-state index >= 15 is 0 Å². The highest BCUT2D eigenvalue weighted by Gasteiger charge is 2.34. The first-order chi connectivity index (χ1) is 12.7. The lowest BCUT2D eigenvalue weighted by Gasteiger charge is -2.37. The van der Waals surface area contributed by atoms with Gasteiger partial charge in [-0.05, 0) is 31.9 Å². The molecule has 0 radical (unpaired) electrons. The minimum Gasteiger partial charge on any atom is -0.459 e. The third kappa shape index (κ3) is 4.02. The molecular formula is C22H30N2O3. The fourth-order valence-electron chi connectivity index (χ4n) is 3.68. The summed E-state index contributed by atoms with van der Waals surface area (Å²) in [5.74, 6) is 1.06. The second-order valence-corrected chi connectivity index (χ2v) is 8.63. The summed E-state index contributed by atoms with van der Waals surface area (Å²) in [6, 6.07) is 9.76. The van der Waals surface area contributed by atoms with E-state index in [1.807, 2.05) is 70.0 Å². The Labute approximate surface area is 161 Å². The lowest BCUT2D eigenvalue weighted by Crippen LogP contribution is -2.47. The number of fused-ring (bicyclic) bond motifs is 1. The Hall–Kier alpha value is -2.30. The molecule has 1 aromatic carbocycles. The number of para-hydroxylation sites is 1. The van der Waals surface area contributed by atoms with Crippen LogP contribution in [0.25, 0.3) is 11.0 Å². The first-order valence-corrected chi connectivity index (χ1v) is 9.73. The maximum Gasteiger partial charge on any atom is 0.227 e. The Morgan fingerprint density at radius 3 is 2.41 bits per heavy atom. The molecule has 1 fully saturated rings. The maximum atomic E-state index is 13.0. The minimum atomic E-state index is -0.372. The van der Waals surface area contributed by atoms with Gasteiger partial charge in [-0.1, -0.05) is 39.0 Å². The van der Waals surface area contributed by atoms with Crippen molar-refractivity contribution in [1.82, 2.24) is 9.80 Å². The number of amides is 2. The third-order valence-electron chi connectivity index (χ3n) is 5.56. The van der Waals surface area contributed by atoms with Gasteiger partial charge in [-0.2, -0.15) is 0 Å². The van der Waals surface area contributed by atoms with E-state index in [9.17, 15) is 9.59 Å². The molecule has 1 aliphatic heterocycles. The van der Waals surface area contributed by atoms with Gasteiger partial charge in [0.05, 0.1) is 6.04 Å². The third-order valence-corrected chi connectivity index (χ3v) is 5.56. The number of carbonyl (C=O) groups is 2. The number of furan rings is 1. The zero-order chi connectivity index (χ0) is 19.8. The Kier molecular flexibility index (Phi) is 5.31. The summed E-state index contributed by atoms with van der Waals surface area (Å²) in [6.45, 7) is 9.12. The first-order valence-electron chi connectivity index (χ1n) is 9.73. The summed E-state index contributed by atoms with van der Waals surface area (Å²) in [7, 11) is 1.84. The van der Waals surface area contributed by atoms with Crippen molar-refractivity contribution in [1.29, 1.82) is 0 Å². The average Bonchev–Trinajstić information content (AvgIpc) is 3.09. The molecule has 2 heterocycles. The predicted octanol–water partition coefficient (Wildman–Crippen LogP) is 4.24. The molecule has 1 aliphatic rings. The van der Waals surface area contributed by atoms with Crippen LogP contribution in [0.1, 0.15) is 52.3 Å². The minimum absolute atomic E-state index is 0.0363. The highest BCUT2D eigenvalue weighted by atomic mass is 16.3. The molecule has 2 aromatic rings. The molecule has 1 aromatic heterocycles. The van der Waals surface area contributed by atoms with Crippen LogP contribution < -0.4 is 0 Å². The molecule has 0 bridgehead atoms. The van der Waals surface area contributed by atoms with E-state index in [-0.39, 0.29) is 29.2 Å². The van der Waals surface area contributed by atoms with E-state index in [4.69, 9.17) is 4.42 Å². The van der Waals surface area contributed by atoms with Gasteiger partial charge < -0.3 is 14.2 Å². The van der Waals surface area contributed by atoms with Crippen molar-refractivity contribution in [3.63, 3.8) is 0 Å².